The summed E-state index contributed by atoms with van der Waals surface area (Å²) in [5.74, 6) is 0. The van der Waals surface area contributed by atoms with E-state index in [1.165, 1.54) is 6.42 Å². The van der Waals surface area contributed by atoms with Crippen LogP contribution in [0.15, 0.2) is 0 Å². The lowest BCUT2D eigenvalue weighted by molar-refractivity contribution is -0.175. The summed E-state index contributed by atoms with van der Waals surface area (Å²) in [6, 6.07) is 0.498. The highest BCUT2D eigenvalue weighted by Crippen LogP contribution is 2.24. The van der Waals surface area contributed by atoms with Gasteiger partial charge in [-0.3, -0.25) is 4.90 Å². The molecule has 1 aliphatic rings. The topological polar surface area (TPSA) is 38.5 Å². The van der Waals surface area contributed by atoms with E-state index in [-0.39, 0.29) is 6.61 Å². The molecule has 0 aromatic rings. The lowest BCUT2D eigenvalue weighted by atomic mass is 9.91. The van der Waals surface area contributed by atoms with Crippen molar-refractivity contribution >= 4 is 0 Å². The van der Waals surface area contributed by atoms with Crippen LogP contribution in [0, 0.1) is 0 Å². The van der Waals surface area contributed by atoms with Crippen molar-refractivity contribution in [2.24, 2.45) is 5.73 Å². The number of rotatable bonds is 7. The van der Waals surface area contributed by atoms with Gasteiger partial charge in [-0.2, -0.15) is 13.2 Å². The molecule has 0 aromatic heterocycles. The Morgan fingerprint density at radius 1 is 1.25 bits per heavy atom. The van der Waals surface area contributed by atoms with E-state index in [1.54, 1.807) is 0 Å². The van der Waals surface area contributed by atoms with E-state index < -0.39 is 12.8 Å². The fourth-order valence-electron chi connectivity index (χ4n) is 1.76. The van der Waals surface area contributed by atoms with Crippen LogP contribution in [0.5, 0.6) is 0 Å². The summed E-state index contributed by atoms with van der Waals surface area (Å²) in [6.07, 6.45) is -0.775. The average Bonchev–Trinajstić information content (AvgIpc) is 2.08. The van der Waals surface area contributed by atoms with Gasteiger partial charge in [0.1, 0.15) is 6.61 Å². The lowest BCUT2D eigenvalue weighted by Crippen LogP contribution is -2.44. The first-order valence-electron chi connectivity index (χ1n) is 5.61. The number of alkyl halides is 3. The van der Waals surface area contributed by atoms with Gasteiger partial charge in [0.25, 0.3) is 0 Å². The van der Waals surface area contributed by atoms with Crippen molar-refractivity contribution in [3.05, 3.63) is 0 Å². The van der Waals surface area contributed by atoms with Gasteiger partial charge in [0, 0.05) is 25.7 Å². The molecule has 0 unspecified atom stereocenters. The van der Waals surface area contributed by atoms with Crippen molar-refractivity contribution in [1.29, 1.82) is 0 Å². The van der Waals surface area contributed by atoms with Gasteiger partial charge >= 0.3 is 6.18 Å². The molecule has 1 fully saturated rings. The molecule has 0 bridgehead atoms. The minimum Gasteiger partial charge on any atom is -0.371 e. The molecule has 1 aliphatic carbocycles. The number of nitrogens with two attached hydrogens (primary N) is 1. The third kappa shape index (κ3) is 5.14. The fraction of sp³-hybridized carbons (Fsp3) is 1.00. The van der Waals surface area contributed by atoms with E-state index in [1.807, 2.05) is 0 Å². The Balaban J connectivity index is 2.12. The predicted molar refractivity (Wildman–Crippen MR) is 55.1 cm³/mol. The molecule has 0 spiro atoms. The van der Waals surface area contributed by atoms with E-state index in [0.717, 1.165) is 19.4 Å². The molecule has 0 saturated heterocycles. The summed E-state index contributed by atoms with van der Waals surface area (Å²) in [7, 11) is 0. The van der Waals surface area contributed by atoms with Crippen molar-refractivity contribution in [1.82, 2.24) is 4.90 Å². The number of hydrogen-bond donors (Lipinski definition) is 1. The quantitative estimate of drug-likeness (QED) is 0.683. The summed E-state index contributed by atoms with van der Waals surface area (Å²) >= 11 is 0. The first-order chi connectivity index (χ1) is 7.53. The predicted octanol–water partition coefficient (Wildman–Crippen LogP) is 1.38. The Morgan fingerprint density at radius 2 is 1.94 bits per heavy atom. The van der Waals surface area contributed by atoms with Gasteiger partial charge in [-0.15, -0.1) is 0 Å². The van der Waals surface area contributed by atoms with Gasteiger partial charge in [-0.05, 0) is 12.8 Å². The minimum atomic E-state index is -4.23. The van der Waals surface area contributed by atoms with Crippen LogP contribution >= 0.6 is 0 Å². The second kappa shape index (κ2) is 6.42. The standard InChI is InChI=1S/C10H19F3N2O/c11-10(12,13)8-16-7-6-15(5-4-14)9-2-1-3-9/h9H,1-8,14H2. The normalized spacial score (nSPS) is 17.8. The zero-order valence-corrected chi connectivity index (χ0v) is 9.30. The Morgan fingerprint density at radius 3 is 2.38 bits per heavy atom. The van der Waals surface area contributed by atoms with E-state index in [9.17, 15) is 13.2 Å². The smallest absolute Gasteiger partial charge is 0.371 e. The molecule has 6 heteroatoms. The highest BCUT2D eigenvalue weighted by Gasteiger charge is 2.28. The summed E-state index contributed by atoms with van der Waals surface area (Å²) in [6.45, 7) is 0.776. The number of ether oxygens (including phenoxy) is 1. The van der Waals surface area contributed by atoms with Gasteiger partial charge in [0.2, 0.25) is 0 Å². The number of nitrogens with zero attached hydrogens (tertiary/aromatic N) is 1. The van der Waals surface area contributed by atoms with Gasteiger partial charge in [0.15, 0.2) is 0 Å². The summed E-state index contributed by atoms with van der Waals surface area (Å²) < 4.78 is 40.0. The molecular formula is C10H19F3N2O. The van der Waals surface area contributed by atoms with Crippen LogP contribution in [0.1, 0.15) is 19.3 Å². The molecule has 0 heterocycles. The second-order valence-corrected chi connectivity index (χ2v) is 4.08. The molecule has 0 aromatic carbocycles. The summed E-state index contributed by atoms with van der Waals surface area (Å²) in [4.78, 5) is 2.12. The van der Waals surface area contributed by atoms with Crippen molar-refractivity contribution in [3.63, 3.8) is 0 Å². The third-order valence-corrected chi connectivity index (χ3v) is 2.80. The van der Waals surface area contributed by atoms with E-state index >= 15 is 0 Å². The fourth-order valence-corrected chi connectivity index (χ4v) is 1.76. The van der Waals surface area contributed by atoms with E-state index in [4.69, 9.17) is 5.73 Å². The largest absolute Gasteiger partial charge is 0.411 e. The molecule has 0 atom stereocenters. The average molecular weight is 240 g/mol. The SMILES string of the molecule is NCCN(CCOCC(F)(F)F)C1CCC1. The van der Waals surface area contributed by atoms with Crippen LogP contribution < -0.4 is 5.73 Å². The van der Waals surface area contributed by atoms with Crippen LogP contribution in [-0.2, 0) is 4.74 Å². The van der Waals surface area contributed by atoms with Gasteiger partial charge < -0.3 is 10.5 Å². The number of halogens is 3. The zero-order chi connectivity index (χ0) is 12.0. The highest BCUT2D eigenvalue weighted by molar-refractivity contribution is 4.80. The Kier molecular flexibility index (Phi) is 5.51. The molecule has 0 aliphatic heterocycles. The third-order valence-electron chi connectivity index (χ3n) is 2.80. The Labute approximate surface area is 93.7 Å². The molecule has 3 nitrogen and oxygen atoms in total. The highest BCUT2D eigenvalue weighted by atomic mass is 19.4. The Bertz CT molecular complexity index is 195. The summed E-state index contributed by atoms with van der Waals surface area (Å²) in [5.41, 5.74) is 5.46. The first-order valence-corrected chi connectivity index (χ1v) is 5.61. The van der Waals surface area contributed by atoms with Crippen LogP contribution in [-0.4, -0.2) is 50.0 Å². The number of hydrogen-bond acceptors (Lipinski definition) is 3. The first kappa shape index (κ1) is 13.7. The van der Waals surface area contributed by atoms with Crippen molar-refractivity contribution in [2.75, 3.05) is 32.8 Å². The van der Waals surface area contributed by atoms with Crippen molar-refractivity contribution < 1.29 is 17.9 Å². The van der Waals surface area contributed by atoms with Gasteiger partial charge in [0.05, 0.1) is 6.61 Å². The maximum absolute atomic E-state index is 11.8. The van der Waals surface area contributed by atoms with E-state index in [0.29, 0.717) is 19.1 Å². The van der Waals surface area contributed by atoms with Crippen LogP contribution in [0.2, 0.25) is 0 Å². The molecule has 0 amide bonds. The minimum absolute atomic E-state index is 0.121. The van der Waals surface area contributed by atoms with Crippen LogP contribution in [0.3, 0.4) is 0 Å². The molecule has 1 rings (SSSR count). The second-order valence-electron chi connectivity index (χ2n) is 4.08. The lowest BCUT2D eigenvalue weighted by Gasteiger charge is -2.37. The van der Waals surface area contributed by atoms with Crippen molar-refractivity contribution in [2.45, 2.75) is 31.5 Å². The summed E-state index contributed by atoms with van der Waals surface area (Å²) in [5, 5.41) is 0. The van der Waals surface area contributed by atoms with Crippen molar-refractivity contribution in [3.8, 4) is 0 Å². The van der Waals surface area contributed by atoms with E-state index in [2.05, 4.69) is 9.64 Å². The molecule has 96 valence electrons. The molecular weight excluding hydrogens is 221 g/mol. The maximum atomic E-state index is 11.8. The van der Waals surface area contributed by atoms with Gasteiger partial charge in [-0.1, -0.05) is 6.42 Å². The molecule has 16 heavy (non-hydrogen) atoms. The van der Waals surface area contributed by atoms with Crippen LogP contribution in [0.4, 0.5) is 13.2 Å². The van der Waals surface area contributed by atoms with Crippen LogP contribution in [0.25, 0.3) is 0 Å². The zero-order valence-electron chi connectivity index (χ0n) is 9.30. The Hall–Kier alpha value is -0.330. The molecule has 1 saturated carbocycles. The molecule has 2 N–H and O–H groups in total. The monoisotopic (exact) mass is 240 g/mol. The molecule has 0 radical (unpaired) electrons. The van der Waals surface area contributed by atoms with Gasteiger partial charge in [-0.25, -0.2) is 0 Å². The maximum Gasteiger partial charge on any atom is 0.411 e.